The van der Waals surface area contributed by atoms with E-state index in [0.29, 0.717) is 0 Å². The van der Waals surface area contributed by atoms with E-state index in [9.17, 15) is 0 Å². The molecule has 5 aromatic rings. The van der Waals surface area contributed by atoms with Gasteiger partial charge in [0.15, 0.2) is 0 Å². The van der Waals surface area contributed by atoms with E-state index in [2.05, 4.69) is 91.1 Å². The second-order valence-corrected chi connectivity index (χ2v) is 7.83. The minimum Gasteiger partial charge on any atom is -0.149 e. The molecule has 0 radical (unpaired) electrons. The number of hydrogen-bond donors (Lipinski definition) is 0. The van der Waals surface area contributed by atoms with Crippen molar-refractivity contribution in [2.45, 2.75) is 13.8 Å². The van der Waals surface area contributed by atoms with E-state index in [-0.39, 0.29) is 0 Å². The van der Waals surface area contributed by atoms with Crippen LogP contribution < -0.4 is 0 Å². The monoisotopic (exact) mass is 366 g/mol. The van der Waals surface area contributed by atoms with Crippen molar-refractivity contribution in [3.05, 3.63) is 83.2 Å². The Morgan fingerprint density at radius 3 is 1.93 bits per heavy atom. The molecule has 0 aliphatic carbocycles. The van der Waals surface area contributed by atoms with Gasteiger partial charge in [0.2, 0.25) is 0 Å². The first-order valence-corrected chi connectivity index (χ1v) is 9.90. The third kappa shape index (κ3) is 2.63. The van der Waals surface area contributed by atoms with Gasteiger partial charge in [-0.05, 0) is 59.3 Å². The molecule has 0 aliphatic heterocycles. The van der Waals surface area contributed by atoms with Gasteiger partial charge < -0.3 is 0 Å². The van der Waals surface area contributed by atoms with Crippen LogP contribution in [0.15, 0.2) is 72.1 Å². The molecule has 0 bridgehead atoms. The molecule has 3 heteroatoms. The molecule has 0 fully saturated rings. The lowest BCUT2D eigenvalue weighted by Crippen LogP contribution is -1.97. The van der Waals surface area contributed by atoms with E-state index in [1.165, 1.54) is 27.5 Å². The van der Waals surface area contributed by atoms with Crippen molar-refractivity contribution in [2.75, 3.05) is 0 Å². The average Bonchev–Trinajstić information content (AvgIpc) is 3.21. The lowest BCUT2D eigenvalue weighted by Gasteiger charge is -2.14. The Kier molecular flexibility index (Phi) is 3.76. The van der Waals surface area contributed by atoms with Crippen molar-refractivity contribution >= 4 is 32.9 Å². The van der Waals surface area contributed by atoms with Crippen LogP contribution in [0.5, 0.6) is 0 Å². The maximum atomic E-state index is 4.72. The van der Waals surface area contributed by atoms with E-state index in [0.717, 1.165) is 27.0 Å². The van der Waals surface area contributed by atoms with E-state index >= 15 is 0 Å². The van der Waals surface area contributed by atoms with Gasteiger partial charge in [0, 0.05) is 16.3 Å². The van der Waals surface area contributed by atoms with Crippen molar-refractivity contribution in [1.82, 2.24) is 10.2 Å². The molecule has 5 rings (SSSR count). The van der Waals surface area contributed by atoms with Crippen LogP contribution in [0.4, 0.5) is 0 Å². The largest absolute Gasteiger partial charge is 0.149 e. The van der Waals surface area contributed by atoms with Crippen LogP contribution in [0.3, 0.4) is 0 Å². The molecular weight excluding hydrogens is 348 g/mol. The topological polar surface area (TPSA) is 25.8 Å². The summed E-state index contributed by atoms with van der Waals surface area (Å²) in [5.74, 6) is 0. The van der Waals surface area contributed by atoms with E-state index < -0.39 is 0 Å². The fraction of sp³-hybridized carbons (Fsp3) is 0.0833. The number of thiophene rings is 1. The van der Waals surface area contributed by atoms with Crippen LogP contribution in [0.2, 0.25) is 0 Å². The molecule has 0 spiro atoms. The number of benzene rings is 3. The summed E-state index contributed by atoms with van der Waals surface area (Å²) in [6.45, 7) is 4.29. The Morgan fingerprint density at radius 2 is 1.30 bits per heavy atom. The summed E-state index contributed by atoms with van der Waals surface area (Å²) in [5, 5.41) is 16.2. The molecule has 0 atom stereocenters. The van der Waals surface area contributed by atoms with E-state index in [1.807, 2.05) is 0 Å². The van der Waals surface area contributed by atoms with Gasteiger partial charge in [-0.15, -0.1) is 21.5 Å². The summed E-state index contributed by atoms with van der Waals surface area (Å²) in [6.07, 6.45) is 0. The minimum atomic E-state index is 0.959. The van der Waals surface area contributed by atoms with Crippen molar-refractivity contribution < 1.29 is 0 Å². The molecular formula is C24H18N2S. The second kappa shape index (κ2) is 6.29. The summed E-state index contributed by atoms with van der Waals surface area (Å²) in [5.41, 5.74) is 5.56. The van der Waals surface area contributed by atoms with E-state index in [1.54, 1.807) is 11.3 Å². The molecule has 2 nitrogen and oxygen atoms in total. The first kappa shape index (κ1) is 16.2. The summed E-state index contributed by atoms with van der Waals surface area (Å²) < 4.78 is 0. The minimum absolute atomic E-state index is 0.959. The highest BCUT2D eigenvalue weighted by molar-refractivity contribution is 7.13. The Morgan fingerprint density at radius 1 is 0.667 bits per heavy atom. The van der Waals surface area contributed by atoms with Gasteiger partial charge >= 0.3 is 0 Å². The summed E-state index contributed by atoms with van der Waals surface area (Å²) >= 11 is 1.70. The molecule has 0 saturated heterocycles. The highest BCUT2D eigenvalue weighted by atomic mass is 32.1. The number of hydrogen-bond acceptors (Lipinski definition) is 3. The summed E-state index contributed by atoms with van der Waals surface area (Å²) in [6, 6.07) is 23.6. The number of aromatic nitrogens is 2. The second-order valence-electron chi connectivity index (χ2n) is 6.89. The van der Waals surface area contributed by atoms with Gasteiger partial charge in [-0.3, -0.25) is 0 Å². The number of nitrogens with zero attached hydrogens (tertiary/aromatic N) is 2. The molecule has 3 aromatic carbocycles. The van der Waals surface area contributed by atoms with Crippen LogP contribution >= 0.6 is 11.3 Å². The van der Waals surface area contributed by atoms with Gasteiger partial charge in [-0.1, -0.05) is 48.5 Å². The van der Waals surface area contributed by atoms with Gasteiger partial charge in [-0.25, -0.2) is 0 Å². The van der Waals surface area contributed by atoms with Gasteiger partial charge in [-0.2, -0.15) is 0 Å². The Labute approximate surface area is 162 Å². The molecule has 0 saturated carbocycles. The van der Waals surface area contributed by atoms with Crippen molar-refractivity contribution in [2.24, 2.45) is 0 Å². The average molecular weight is 366 g/mol. The molecule has 130 valence electrons. The number of fused-ring (bicyclic) bond motifs is 2. The maximum Gasteiger partial charge on any atom is 0.111 e. The lowest BCUT2D eigenvalue weighted by molar-refractivity contribution is 1.06. The number of aryl methyl sites for hydroxylation is 2. The smallest absolute Gasteiger partial charge is 0.111 e. The Bertz CT molecular complexity index is 1270. The van der Waals surface area contributed by atoms with Crippen molar-refractivity contribution in [3.8, 4) is 21.8 Å². The molecule has 0 unspecified atom stereocenters. The van der Waals surface area contributed by atoms with Gasteiger partial charge in [0.1, 0.15) is 11.4 Å². The lowest BCUT2D eigenvalue weighted by atomic mass is 9.94. The molecule has 2 heterocycles. The molecule has 2 aromatic heterocycles. The van der Waals surface area contributed by atoms with Crippen LogP contribution in [-0.4, -0.2) is 10.2 Å². The Hall–Kier alpha value is -3.04. The van der Waals surface area contributed by atoms with Crippen LogP contribution in [0.1, 0.15) is 11.1 Å². The third-order valence-electron chi connectivity index (χ3n) is 5.12. The molecule has 0 N–H and O–H groups in total. The summed E-state index contributed by atoms with van der Waals surface area (Å²) in [7, 11) is 0. The maximum absolute atomic E-state index is 4.72. The van der Waals surface area contributed by atoms with Crippen LogP contribution in [0.25, 0.3) is 43.4 Å². The first-order valence-electron chi connectivity index (χ1n) is 9.02. The Balaban J connectivity index is 1.93. The zero-order chi connectivity index (χ0) is 18.4. The predicted molar refractivity (Wildman–Crippen MR) is 115 cm³/mol. The quantitative estimate of drug-likeness (QED) is 0.321. The highest BCUT2D eigenvalue weighted by Gasteiger charge is 2.16. The van der Waals surface area contributed by atoms with Crippen LogP contribution in [-0.2, 0) is 0 Å². The standard InChI is InChI=1S/C24H18N2S/c1-15-7-5-8-16(2)22(15)24-20-14-18-10-4-3-9-17(18)13-19(20)23(25-26-24)21-11-6-12-27-21/h3-14H,1-2H3. The van der Waals surface area contributed by atoms with E-state index in [4.69, 9.17) is 5.10 Å². The third-order valence-corrected chi connectivity index (χ3v) is 6.00. The zero-order valence-corrected chi connectivity index (χ0v) is 16.0. The molecule has 27 heavy (non-hydrogen) atoms. The summed E-state index contributed by atoms with van der Waals surface area (Å²) in [4.78, 5) is 1.15. The molecule has 0 amide bonds. The number of rotatable bonds is 2. The fourth-order valence-electron chi connectivity index (χ4n) is 3.81. The normalized spacial score (nSPS) is 11.3. The van der Waals surface area contributed by atoms with Crippen LogP contribution in [0, 0.1) is 13.8 Å². The predicted octanol–water partition coefficient (Wildman–Crippen LogP) is 6.80. The van der Waals surface area contributed by atoms with Gasteiger partial charge in [0.25, 0.3) is 0 Å². The molecule has 0 aliphatic rings. The van der Waals surface area contributed by atoms with Crippen molar-refractivity contribution in [1.29, 1.82) is 0 Å². The SMILES string of the molecule is Cc1cccc(C)c1-c1nnc(-c2cccs2)c2cc3ccccc3cc12. The fourth-order valence-corrected chi connectivity index (χ4v) is 4.53. The zero-order valence-electron chi connectivity index (χ0n) is 15.2. The van der Waals surface area contributed by atoms with Gasteiger partial charge in [0.05, 0.1) is 4.88 Å². The first-order chi connectivity index (χ1) is 13.2. The van der Waals surface area contributed by atoms with Crippen molar-refractivity contribution in [3.63, 3.8) is 0 Å². The highest BCUT2D eigenvalue weighted by Crippen LogP contribution is 2.38.